The SMILES string of the molecule is CC[C@@H](NC(=O)CCCN(c1cc(C)cc(C)c1)S(C)(=O)=O)c1ccc(OC)c(OC)c1. The molecule has 2 aromatic carbocycles. The standard InChI is InChI=1S/C24H34N2O5S/c1-7-21(19-10-11-22(30-4)23(16-19)31-5)25-24(27)9-8-12-26(32(6,28)29)20-14-17(2)13-18(3)15-20/h10-11,13-16,21H,7-9,12H2,1-6H3,(H,25,27)/t21-/m1/s1. The van der Waals surface area contributed by atoms with E-state index >= 15 is 0 Å². The third-order valence-corrected chi connectivity index (χ3v) is 6.41. The zero-order valence-corrected chi connectivity index (χ0v) is 20.6. The van der Waals surface area contributed by atoms with E-state index in [2.05, 4.69) is 5.32 Å². The van der Waals surface area contributed by atoms with Crippen molar-refractivity contribution in [1.29, 1.82) is 0 Å². The molecule has 0 aliphatic carbocycles. The molecule has 0 heterocycles. The van der Waals surface area contributed by atoms with E-state index in [9.17, 15) is 13.2 Å². The fraction of sp³-hybridized carbons (Fsp3) is 0.458. The smallest absolute Gasteiger partial charge is 0.232 e. The lowest BCUT2D eigenvalue weighted by Crippen LogP contribution is -2.33. The highest BCUT2D eigenvalue weighted by atomic mass is 32.2. The van der Waals surface area contributed by atoms with Crippen LogP contribution in [-0.4, -0.2) is 41.3 Å². The van der Waals surface area contributed by atoms with Gasteiger partial charge in [0.25, 0.3) is 0 Å². The molecule has 1 amide bonds. The summed E-state index contributed by atoms with van der Waals surface area (Å²) in [6, 6.07) is 11.1. The number of ether oxygens (including phenoxy) is 2. The van der Waals surface area contributed by atoms with Crippen LogP contribution in [0.3, 0.4) is 0 Å². The highest BCUT2D eigenvalue weighted by Crippen LogP contribution is 2.31. The highest BCUT2D eigenvalue weighted by molar-refractivity contribution is 7.92. The van der Waals surface area contributed by atoms with Gasteiger partial charge < -0.3 is 14.8 Å². The fourth-order valence-corrected chi connectivity index (χ4v) is 4.67. The maximum Gasteiger partial charge on any atom is 0.232 e. The Kier molecular flexibility index (Phi) is 8.95. The number of amides is 1. The van der Waals surface area contributed by atoms with Gasteiger partial charge in [-0.15, -0.1) is 0 Å². The average molecular weight is 463 g/mol. The normalized spacial score (nSPS) is 12.2. The van der Waals surface area contributed by atoms with E-state index in [1.165, 1.54) is 10.6 Å². The Labute approximate surface area is 191 Å². The minimum Gasteiger partial charge on any atom is -0.493 e. The Morgan fingerprint density at radius 1 is 1.03 bits per heavy atom. The summed E-state index contributed by atoms with van der Waals surface area (Å²) >= 11 is 0. The van der Waals surface area contributed by atoms with E-state index in [4.69, 9.17) is 9.47 Å². The lowest BCUT2D eigenvalue weighted by molar-refractivity contribution is -0.121. The number of anilines is 1. The summed E-state index contributed by atoms with van der Waals surface area (Å²) in [5, 5.41) is 3.04. The van der Waals surface area contributed by atoms with E-state index < -0.39 is 10.0 Å². The molecular weight excluding hydrogens is 428 g/mol. The van der Waals surface area contributed by atoms with Crippen LogP contribution < -0.4 is 19.1 Å². The van der Waals surface area contributed by atoms with Gasteiger partial charge in [0.05, 0.1) is 32.2 Å². The molecule has 8 heteroatoms. The maximum absolute atomic E-state index is 12.6. The second kappa shape index (κ2) is 11.2. The molecule has 0 aromatic heterocycles. The lowest BCUT2D eigenvalue weighted by Gasteiger charge is -2.24. The second-order valence-electron chi connectivity index (χ2n) is 7.93. The number of benzene rings is 2. The van der Waals surface area contributed by atoms with Crippen molar-refractivity contribution >= 4 is 21.6 Å². The summed E-state index contributed by atoms with van der Waals surface area (Å²) in [6.45, 7) is 6.10. The molecule has 2 aromatic rings. The first-order valence-electron chi connectivity index (χ1n) is 10.7. The first kappa shape index (κ1) is 25.5. The van der Waals surface area contributed by atoms with Gasteiger partial charge in [-0.3, -0.25) is 9.10 Å². The van der Waals surface area contributed by atoms with E-state index in [0.29, 0.717) is 30.0 Å². The van der Waals surface area contributed by atoms with Crippen LogP contribution in [0.4, 0.5) is 5.69 Å². The Hall–Kier alpha value is -2.74. The van der Waals surface area contributed by atoms with Crippen LogP contribution >= 0.6 is 0 Å². The van der Waals surface area contributed by atoms with Crippen molar-refractivity contribution in [1.82, 2.24) is 5.32 Å². The molecule has 0 saturated carbocycles. The first-order chi connectivity index (χ1) is 15.1. The van der Waals surface area contributed by atoms with Gasteiger partial charge in [0.15, 0.2) is 11.5 Å². The van der Waals surface area contributed by atoms with Gasteiger partial charge >= 0.3 is 0 Å². The minimum atomic E-state index is -3.46. The summed E-state index contributed by atoms with van der Waals surface area (Å²) in [7, 11) is -0.307. The number of hydrogen-bond donors (Lipinski definition) is 1. The van der Waals surface area contributed by atoms with E-state index in [1.54, 1.807) is 14.2 Å². The van der Waals surface area contributed by atoms with Crippen LogP contribution in [0.5, 0.6) is 11.5 Å². The molecule has 0 radical (unpaired) electrons. The molecule has 32 heavy (non-hydrogen) atoms. The molecule has 0 aliphatic rings. The van der Waals surface area contributed by atoms with Crippen LogP contribution in [0.2, 0.25) is 0 Å². The minimum absolute atomic E-state index is 0.125. The predicted molar refractivity (Wildman–Crippen MR) is 128 cm³/mol. The number of rotatable bonds is 11. The van der Waals surface area contributed by atoms with Crippen molar-refractivity contribution in [2.45, 2.75) is 46.1 Å². The predicted octanol–water partition coefficient (Wildman–Crippen LogP) is 4.13. The summed E-state index contributed by atoms with van der Waals surface area (Å²) in [4.78, 5) is 12.6. The number of carbonyl (C=O) groups is 1. The quantitative estimate of drug-likeness (QED) is 0.543. The molecule has 0 bridgehead atoms. The molecule has 2 rings (SSSR count). The number of nitrogens with zero attached hydrogens (tertiary/aromatic N) is 1. The van der Waals surface area contributed by atoms with Crippen molar-refractivity contribution in [3.8, 4) is 11.5 Å². The number of methoxy groups -OCH3 is 2. The van der Waals surface area contributed by atoms with Gasteiger partial charge in [0, 0.05) is 13.0 Å². The molecule has 0 aliphatic heterocycles. The zero-order chi connectivity index (χ0) is 23.9. The largest absolute Gasteiger partial charge is 0.493 e. The Morgan fingerprint density at radius 2 is 1.66 bits per heavy atom. The van der Waals surface area contributed by atoms with Gasteiger partial charge in [-0.2, -0.15) is 0 Å². The van der Waals surface area contributed by atoms with Crippen LogP contribution in [0.1, 0.15) is 48.9 Å². The van der Waals surface area contributed by atoms with Crippen LogP contribution in [0.15, 0.2) is 36.4 Å². The Morgan fingerprint density at radius 3 is 2.19 bits per heavy atom. The van der Waals surface area contributed by atoms with Gasteiger partial charge in [0.2, 0.25) is 15.9 Å². The van der Waals surface area contributed by atoms with Crippen molar-refractivity contribution in [2.24, 2.45) is 0 Å². The van der Waals surface area contributed by atoms with E-state index in [1.807, 2.05) is 57.2 Å². The molecule has 176 valence electrons. The van der Waals surface area contributed by atoms with Crippen molar-refractivity contribution in [3.63, 3.8) is 0 Å². The number of aryl methyl sites for hydroxylation is 2. The maximum atomic E-state index is 12.6. The van der Waals surface area contributed by atoms with Crippen molar-refractivity contribution in [3.05, 3.63) is 53.1 Å². The molecule has 7 nitrogen and oxygen atoms in total. The summed E-state index contributed by atoms with van der Waals surface area (Å²) in [5.74, 6) is 1.11. The van der Waals surface area contributed by atoms with Crippen molar-refractivity contribution < 1.29 is 22.7 Å². The van der Waals surface area contributed by atoms with Crippen molar-refractivity contribution in [2.75, 3.05) is 31.3 Å². The molecule has 1 N–H and O–H groups in total. The second-order valence-corrected chi connectivity index (χ2v) is 9.83. The first-order valence-corrected chi connectivity index (χ1v) is 12.5. The topological polar surface area (TPSA) is 84.9 Å². The summed E-state index contributed by atoms with van der Waals surface area (Å²) in [6.07, 6.45) is 2.53. The highest BCUT2D eigenvalue weighted by Gasteiger charge is 2.19. The summed E-state index contributed by atoms with van der Waals surface area (Å²) < 4.78 is 36.7. The Bertz CT molecular complexity index is 1020. The number of nitrogens with one attached hydrogen (secondary N) is 1. The van der Waals surface area contributed by atoms with Gasteiger partial charge in [-0.1, -0.05) is 19.1 Å². The number of carbonyl (C=O) groups excluding carboxylic acids is 1. The van der Waals surface area contributed by atoms with Crippen LogP contribution in [0.25, 0.3) is 0 Å². The van der Waals surface area contributed by atoms with Crippen LogP contribution in [-0.2, 0) is 14.8 Å². The zero-order valence-electron chi connectivity index (χ0n) is 19.8. The number of sulfonamides is 1. The van der Waals surface area contributed by atoms with Gasteiger partial charge in [0.1, 0.15) is 0 Å². The molecule has 0 unspecified atom stereocenters. The monoisotopic (exact) mass is 462 g/mol. The molecule has 1 atom stereocenters. The molecule has 0 fully saturated rings. The molecular formula is C24H34N2O5S. The number of hydrogen-bond acceptors (Lipinski definition) is 5. The van der Waals surface area contributed by atoms with E-state index in [0.717, 1.165) is 16.7 Å². The lowest BCUT2D eigenvalue weighted by atomic mass is 10.0. The summed E-state index contributed by atoms with van der Waals surface area (Å²) in [5.41, 5.74) is 3.54. The third-order valence-electron chi connectivity index (χ3n) is 5.21. The molecule has 0 spiro atoms. The fourth-order valence-electron chi connectivity index (χ4n) is 3.72. The third kappa shape index (κ3) is 6.88. The van der Waals surface area contributed by atoms with Gasteiger partial charge in [-0.25, -0.2) is 8.42 Å². The van der Waals surface area contributed by atoms with Crippen LogP contribution in [0, 0.1) is 13.8 Å². The Balaban J connectivity index is 2.04. The van der Waals surface area contributed by atoms with E-state index in [-0.39, 0.29) is 24.9 Å². The average Bonchev–Trinajstić information content (AvgIpc) is 2.72. The van der Waals surface area contributed by atoms with Gasteiger partial charge in [-0.05, 0) is 67.6 Å². The molecule has 0 saturated heterocycles.